The second kappa shape index (κ2) is 16.6. The molecular formula is C40H50N6O6. The highest BCUT2D eigenvalue weighted by Gasteiger charge is 2.27. The lowest BCUT2D eigenvalue weighted by molar-refractivity contribution is 0.0688. The number of nitrogens with zero attached hydrogens (tertiary/aromatic N) is 4. The summed E-state index contributed by atoms with van der Waals surface area (Å²) in [5.74, 6) is -3.07. The maximum absolute atomic E-state index is 13.5. The number of rotatable bonds is 8. The minimum atomic E-state index is -1.15. The first kappa shape index (κ1) is 38.4. The molecule has 52 heavy (non-hydrogen) atoms. The zero-order chi connectivity index (χ0) is 37.7. The van der Waals surface area contributed by atoms with Crippen molar-refractivity contribution in [3.63, 3.8) is 0 Å². The fraction of sp³-hybridized carbons (Fsp3) is 0.400. The van der Waals surface area contributed by atoms with Crippen molar-refractivity contribution in [2.24, 2.45) is 0 Å². The molecule has 0 aliphatic carbocycles. The molecule has 2 amide bonds. The number of carbonyl (C=O) groups is 4. The van der Waals surface area contributed by atoms with Gasteiger partial charge < -0.3 is 20.0 Å². The molecule has 0 aromatic heterocycles. The van der Waals surface area contributed by atoms with Crippen LogP contribution in [-0.2, 0) is 0 Å². The third-order valence-electron chi connectivity index (χ3n) is 9.85. The van der Waals surface area contributed by atoms with Crippen LogP contribution in [0.25, 0.3) is 43.1 Å². The number of carbonyl (C=O) groups excluding carboxylic acids is 2. The molecule has 2 heterocycles. The molecule has 2 aliphatic rings. The highest BCUT2D eigenvalue weighted by Crippen LogP contribution is 2.44. The largest absolute Gasteiger partial charge is 0.478 e. The van der Waals surface area contributed by atoms with Crippen LogP contribution in [0.2, 0.25) is 0 Å². The van der Waals surface area contributed by atoms with Gasteiger partial charge in [-0.15, -0.1) is 0 Å². The van der Waals surface area contributed by atoms with E-state index in [4.69, 9.17) is 0 Å². The molecule has 12 heteroatoms. The number of aromatic carboxylic acids is 2. The van der Waals surface area contributed by atoms with E-state index < -0.39 is 11.9 Å². The van der Waals surface area contributed by atoms with Gasteiger partial charge >= 0.3 is 11.9 Å². The van der Waals surface area contributed by atoms with Crippen molar-refractivity contribution in [2.75, 3.05) is 67.5 Å². The van der Waals surface area contributed by atoms with E-state index in [1.165, 1.54) is 12.1 Å². The van der Waals surface area contributed by atoms with Crippen molar-refractivity contribution in [2.45, 2.75) is 39.5 Å². The fourth-order valence-electron chi connectivity index (χ4n) is 6.69. The van der Waals surface area contributed by atoms with E-state index >= 15 is 0 Å². The van der Waals surface area contributed by atoms with Gasteiger partial charge in [0.1, 0.15) is 0 Å². The lowest BCUT2D eigenvalue weighted by Gasteiger charge is -2.22. The molecule has 2 saturated heterocycles. The summed E-state index contributed by atoms with van der Waals surface area (Å²) in [5, 5.41) is 28.5. The zero-order valence-corrected chi connectivity index (χ0v) is 31.0. The van der Waals surface area contributed by atoms with Gasteiger partial charge in [0.15, 0.2) is 0 Å². The molecule has 0 bridgehead atoms. The van der Waals surface area contributed by atoms with Crippen LogP contribution in [0.4, 0.5) is 0 Å². The lowest BCUT2D eigenvalue weighted by atomic mass is 9.84. The average Bonchev–Trinajstić information content (AvgIpc) is 3.85. The van der Waals surface area contributed by atoms with Gasteiger partial charge in [-0.05, 0) is 124 Å². The summed E-state index contributed by atoms with van der Waals surface area (Å²) in [6.45, 7) is 9.45. The topological polar surface area (TPSA) is 146 Å². The van der Waals surface area contributed by atoms with Crippen molar-refractivity contribution >= 4 is 66.8 Å². The van der Waals surface area contributed by atoms with Crippen molar-refractivity contribution in [1.82, 2.24) is 30.7 Å². The fourth-order valence-corrected chi connectivity index (χ4v) is 6.69. The molecule has 2 fully saturated rings. The first-order valence-corrected chi connectivity index (χ1v) is 18.0. The number of hydrogen-bond acceptors (Lipinski definition) is 8. The molecule has 0 saturated carbocycles. The number of benzene rings is 5. The minimum absolute atomic E-state index is 0.00522. The molecule has 0 atom stereocenters. The van der Waals surface area contributed by atoms with E-state index in [1.807, 2.05) is 10.0 Å². The standard InChI is InChI=1S/C32H28N4O6.2C4H11N/c37-29(33-35-13-1-2-14-35)21-9-5-17-20-8-12-24(32(41)42)28-22(30(38)34-36-15-3-4-16-36)10-6-18(26(20)28)19-7-11-23(31(39)40)27(21)25(17)19;2*1-4-5(2)3/h5-12H,1-4,13-16H2,(H,33,37)(H,34,38)(H,39,40)(H,41,42);2*4H2,1-3H3. The molecule has 0 unspecified atom stereocenters. The van der Waals surface area contributed by atoms with Gasteiger partial charge in [0.2, 0.25) is 0 Å². The third kappa shape index (κ3) is 7.95. The summed E-state index contributed by atoms with van der Waals surface area (Å²) in [4.78, 5) is 56.1. The van der Waals surface area contributed by atoms with Crippen molar-refractivity contribution in [1.29, 1.82) is 0 Å². The molecule has 0 spiro atoms. The number of carboxylic acids is 2. The third-order valence-corrected chi connectivity index (χ3v) is 9.85. The monoisotopic (exact) mass is 710 g/mol. The summed E-state index contributed by atoms with van der Waals surface area (Å²) in [6.07, 6.45) is 3.90. The van der Waals surface area contributed by atoms with E-state index in [-0.39, 0.29) is 34.1 Å². The molecule has 0 radical (unpaired) electrons. The Morgan fingerprint density at radius 2 is 0.788 bits per heavy atom. The summed E-state index contributed by atoms with van der Waals surface area (Å²) in [7, 11) is 8.22. The predicted molar refractivity (Wildman–Crippen MR) is 207 cm³/mol. The Morgan fingerprint density at radius 3 is 1.04 bits per heavy atom. The highest BCUT2D eigenvalue weighted by molar-refractivity contribution is 6.38. The molecule has 276 valence electrons. The van der Waals surface area contributed by atoms with E-state index in [1.54, 1.807) is 36.4 Å². The van der Waals surface area contributed by atoms with Gasteiger partial charge in [0.05, 0.1) is 11.1 Å². The SMILES string of the molecule is CCN(C)C.CCN(C)C.O=C(O)c1ccc2c3ccc(C(=O)NN4CCCC4)c4c(C(=O)O)ccc(c5ccc(C(=O)NN6CCCC6)c1c25)c43. The van der Waals surface area contributed by atoms with Crippen molar-refractivity contribution in [3.05, 3.63) is 70.8 Å². The van der Waals surface area contributed by atoms with Gasteiger partial charge in [-0.2, -0.15) is 0 Å². The Labute approximate surface area is 304 Å². The molecular weight excluding hydrogens is 660 g/mol. The van der Waals surface area contributed by atoms with Crippen LogP contribution >= 0.6 is 0 Å². The van der Waals surface area contributed by atoms with Crippen LogP contribution < -0.4 is 10.9 Å². The number of amides is 2. The van der Waals surface area contributed by atoms with Crippen LogP contribution in [0.1, 0.15) is 81.0 Å². The van der Waals surface area contributed by atoms with Gasteiger partial charge in [-0.1, -0.05) is 38.1 Å². The van der Waals surface area contributed by atoms with Gasteiger partial charge in [0.25, 0.3) is 11.8 Å². The smallest absolute Gasteiger partial charge is 0.336 e. The zero-order valence-electron chi connectivity index (χ0n) is 31.0. The van der Waals surface area contributed by atoms with Crippen molar-refractivity contribution < 1.29 is 29.4 Å². The van der Waals surface area contributed by atoms with Crippen LogP contribution in [-0.4, -0.2) is 121 Å². The predicted octanol–water partition coefficient (Wildman–Crippen LogP) is 5.75. The van der Waals surface area contributed by atoms with E-state index in [0.717, 1.165) is 65.0 Å². The van der Waals surface area contributed by atoms with Crippen LogP contribution in [0, 0.1) is 0 Å². The van der Waals surface area contributed by atoms with E-state index in [0.29, 0.717) is 43.1 Å². The van der Waals surface area contributed by atoms with Crippen LogP contribution in [0.15, 0.2) is 48.5 Å². The number of carboxylic acid groups (broad SMARTS) is 2. The maximum Gasteiger partial charge on any atom is 0.336 e. The maximum atomic E-state index is 13.5. The second-order valence-corrected chi connectivity index (χ2v) is 13.8. The van der Waals surface area contributed by atoms with Gasteiger partial charge in [-0.25, -0.2) is 19.6 Å². The summed E-state index contributed by atoms with van der Waals surface area (Å²) < 4.78 is 0. The lowest BCUT2D eigenvalue weighted by Crippen LogP contribution is -2.40. The number of nitrogens with one attached hydrogen (secondary N) is 2. The number of hydrazine groups is 2. The average molecular weight is 711 g/mol. The van der Waals surface area contributed by atoms with Crippen LogP contribution in [0.5, 0.6) is 0 Å². The summed E-state index contributed by atoms with van der Waals surface area (Å²) >= 11 is 0. The Kier molecular flexibility index (Phi) is 12.3. The quantitative estimate of drug-likeness (QED) is 0.116. The first-order chi connectivity index (χ1) is 24.9. The normalized spacial score (nSPS) is 14.9. The Hall–Kier alpha value is -4.88. The van der Waals surface area contributed by atoms with Crippen LogP contribution in [0.3, 0.4) is 0 Å². The Balaban J connectivity index is 0.000000464. The summed E-state index contributed by atoms with van der Waals surface area (Å²) in [5.41, 5.74) is 6.37. The molecule has 2 aliphatic heterocycles. The van der Waals surface area contributed by atoms with Gasteiger partial charge in [0, 0.05) is 48.1 Å². The molecule has 12 nitrogen and oxygen atoms in total. The Bertz CT molecular complexity index is 1930. The molecule has 5 aromatic carbocycles. The summed E-state index contributed by atoms with van der Waals surface area (Å²) in [6, 6.07) is 13.2. The van der Waals surface area contributed by atoms with E-state index in [9.17, 15) is 29.4 Å². The molecule has 7 rings (SSSR count). The minimum Gasteiger partial charge on any atom is -0.478 e. The number of fused-ring (bicyclic) bond motifs is 2. The molecule has 5 aromatic rings. The van der Waals surface area contributed by atoms with E-state index in [2.05, 4.69) is 62.7 Å². The Morgan fingerprint density at radius 1 is 0.519 bits per heavy atom. The second-order valence-electron chi connectivity index (χ2n) is 13.8. The molecule has 4 N–H and O–H groups in total. The number of hydrogen-bond donors (Lipinski definition) is 4. The van der Waals surface area contributed by atoms with Crippen molar-refractivity contribution in [3.8, 4) is 0 Å². The highest BCUT2D eigenvalue weighted by atomic mass is 16.4. The van der Waals surface area contributed by atoms with Gasteiger partial charge in [-0.3, -0.25) is 20.4 Å². The first-order valence-electron chi connectivity index (χ1n) is 18.0.